The first kappa shape index (κ1) is 13.0. The molecule has 5 nitrogen and oxygen atoms in total. The van der Waals surface area contributed by atoms with Gasteiger partial charge in [-0.2, -0.15) is 0 Å². The van der Waals surface area contributed by atoms with Gasteiger partial charge >= 0.3 is 0 Å². The number of amides is 1. The first-order valence-corrected chi connectivity index (χ1v) is 5.73. The Hall–Kier alpha value is -2.40. The highest BCUT2D eigenvalue weighted by Gasteiger charge is 2.10. The van der Waals surface area contributed by atoms with Crippen molar-refractivity contribution in [3.05, 3.63) is 53.9 Å². The van der Waals surface area contributed by atoms with Gasteiger partial charge in [0.15, 0.2) is 0 Å². The molecule has 0 saturated heterocycles. The van der Waals surface area contributed by atoms with Gasteiger partial charge in [0.2, 0.25) is 0 Å². The van der Waals surface area contributed by atoms with E-state index in [2.05, 4.69) is 10.3 Å². The number of hydrogen-bond acceptors (Lipinski definition) is 4. The largest absolute Gasteiger partial charge is 0.505 e. The van der Waals surface area contributed by atoms with E-state index < -0.39 is 0 Å². The fraction of sp³-hybridized carbons (Fsp3) is 0.143. The van der Waals surface area contributed by atoms with Crippen molar-refractivity contribution < 1.29 is 14.6 Å². The monoisotopic (exact) mass is 258 g/mol. The van der Waals surface area contributed by atoms with Crippen molar-refractivity contribution >= 4 is 11.6 Å². The van der Waals surface area contributed by atoms with Crippen LogP contribution in [0.5, 0.6) is 5.75 Å². The van der Waals surface area contributed by atoms with Gasteiger partial charge in [-0.15, -0.1) is 0 Å². The average Bonchev–Trinajstić information content (AvgIpc) is 2.40. The second-order valence-corrected chi connectivity index (χ2v) is 3.98. The van der Waals surface area contributed by atoms with Crippen molar-refractivity contribution in [2.24, 2.45) is 0 Å². The summed E-state index contributed by atoms with van der Waals surface area (Å²) in [6.45, 7) is 0.476. The van der Waals surface area contributed by atoms with Crippen molar-refractivity contribution in [3.8, 4) is 5.75 Å². The Morgan fingerprint density at radius 2 is 2.26 bits per heavy atom. The highest BCUT2D eigenvalue weighted by molar-refractivity contribution is 6.05. The van der Waals surface area contributed by atoms with Crippen molar-refractivity contribution in [1.82, 2.24) is 4.98 Å². The van der Waals surface area contributed by atoms with Crippen LogP contribution < -0.4 is 5.32 Å². The standard InChI is InChI=1S/C14H14N2O3/c1-19-9-10-3-2-4-11(7-10)16-14(18)12-5-6-15-8-13(12)17/h2-8,17H,9H2,1H3,(H,16,18). The van der Waals surface area contributed by atoms with E-state index in [-0.39, 0.29) is 17.2 Å². The molecule has 1 aromatic heterocycles. The number of methoxy groups -OCH3 is 1. The topological polar surface area (TPSA) is 71.5 Å². The van der Waals surface area contributed by atoms with Gasteiger partial charge < -0.3 is 15.2 Å². The highest BCUT2D eigenvalue weighted by Crippen LogP contribution is 2.17. The molecule has 0 atom stereocenters. The summed E-state index contributed by atoms with van der Waals surface area (Å²) < 4.78 is 5.03. The molecule has 0 spiro atoms. The summed E-state index contributed by atoms with van der Waals surface area (Å²) in [7, 11) is 1.61. The Labute approximate surface area is 110 Å². The lowest BCUT2D eigenvalue weighted by molar-refractivity contribution is 0.102. The van der Waals surface area contributed by atoms with Crippen molar-refractivity contribution in [2.45, 2.75) is 6.61 Å². The predicted octanol–water partition coefficient (Wildman–Crippen LogP) is 2.19. The second-order valence-electron chi connectivity index (χ2n) is 3.98. The fourth-order valence-corrected chi connectivity index (χ4v) is 1.68. The third-order valence-electron chi connectivity index (χ3n) is 2.54. The Morgan fingerprint density at radius 3 is 3.00 bits per heavy atom. The lowest BCUT2D eigenvalue weighted by Crippen LogP contribution is -2.12. The van der Waals surface area contributed by atoms with E-state index in [4.69, 9.17) is 4.74 Å². The Balaban J connectivity index is 2.15. The van der Waals surface area contributed by atoms with Crippen LogP contribution in [0.2, 0.25) is 0 Å². The summed E-state index contributed by atoms with van der Waals surface area (Å²) in [5.41, 5.74) is 1.79. The molecule has 2 aromatic rings. The van der Waals surface area contributed by atoms with Crippen LogP contribution in [0.3, 0.4) is 0 Å². The summed E-state index contributed by atoms with van der Waals surface area (Å²) >= 11 is 0. The summed E-state index contributed by atoms with van der Waals surface area (Å²) in [6.07, 6.45) is 2.69. The SMILES string of the molecule is COCc1cccc(NC(=O)c2ccncc2O)c1. The van der Waals surface area contributed by atoms with Gasteiger partial charge in [-0.25, -0.2) is 0 Å². The number of ether oxygens (including phenoxy) is 1. The van der Waals surface area contributed by atoms with Crippen molar-refractivity contribution in [3.63, 3.8) is 0 Å². The second kappa shape index (κ2) is 5.97. The molecule has 1 aromatic carbocycles. The van der Waals surface area contributed by atoms with Gasteiger partial charge in [0.25, 0.3) is 5.91 Å². The quantitative estimate of drug-likeness (QED) is 0.881. The molecular formula is C14H14N2O3. The highest BCUT2D eigenvalue weighted by atomic mass is 16.5. The van der Waals surface area contributed by atoms with Gasteiger partial charge in [0.1, 0.15) is 5.75 Å². The number of aromatic nitrogens is 1. The van der Waals surface area contributed by atoms with E-state index in [0.717, 1.165) is 5.56 Å². The van der Waals surface area contributed by atoms with Crippen LogP contribution in [0.4, 0.5) is 5.69 Å². The molecule has 2 rings (SSSR count). The first-order chi connectivity index (χ1) is 9.20. The number of anilines is 1. The van der Waals surface area contributed by atoms with E-state index >= 15 is 0 Å². The zero-order valence-electron chi connectivity index (χ0n) is 10.5. The van der Waals surface area contributed by atoms with E-state index in [1.165, 1.54) is 18.5 Å². The van der Waals surface area contributed by atoms with E-state index in [1.807, 2.05) is 18.2 Å². The van der Waals surface area contributed by atoms with E-state index in [1.54, 1.807) is 13.2 Å². The van der Waals surface area contributed by atoms with Crippen LogP contribution in [-0.2, 0) is 11.3 Å². The van der Waals surface area contributed by atoms with Gasteiger partial charge in [-0.1, -0.05) is 12.1 Å². The number of nitrogens with zero attached hydrogens (tertiary/aromatic N) is 1. The minimum absolute atomic E-state index is 0.145. The summed E-state index contributed by atoms with van der Waals surface area (Å²) in [5.74, 6) is -0.525. The summed E-state index contributed by atoms with van der Waals surface area (Å²) in [4.78, 5) is 15.7. The molecule has 98 valence electrons. The Bertz CT molecular complexity index is 584. The Kier molecular flexibility index (Phi) is 4.10. The molecule has 0 unspecified atom stereocenters. The lowest BCUT2D eigenvalue weighted by Gasteiger charge is -2.08. The van der Waals surface area contributed by atoms with Gasteiger partial charge in [-0.05, 0) is 23.8 Å². The number of pyridine rings is 1. The van der Waals surface area contributed by atoms with Crippen molar-refractivity contribution in [1.29, 1.82) is 0 Å². The molecule has 1 heterocycles. The smallest absolute Gasteiger partial charge is 0.259 e. The van der Waals surface area contributed by atoms with Crippen molar-refractivity contribution in [2.75, 3.05) is 12.4 Å². The molecule has 19 heavy (non-hydrogen) atoms. The molecule has 0 aliphatic carbocycles. The number of aromatic hydroxyl groups is 1. The van der Waals surface area contributed by atoms with Gasteiger partial charge in [-0.3, -0.25) is 9.78 Å². The van der Waals surface area contributed by atoms with Gasteiger partial charge in [0, 0.05) is 19.0 Å². The molecule has 0 bridgehead atoms. The van der Waals surface area contributed by atoms with Crippen LogP contribution >= 0.6 is 0 Å². The molecule has 0 saturated carbocycles. The third-order valence-corrected chi connectivity index (χ3v) is 2.54. The van der Waals surface area contributed by atoms with E-state index in [0.29, 0.717) is 12.3 Å². The fourth-order valence-electron chi connectivity index (χ4n) is 1.68. The van der Waals surface area contributed by atoms with Crippen LogP contribution in [-0.4, -0.2) is 23.1 Å². The first-order valence-electron chi connectivity index (χ1n) is 5.73. The van der Waals surface area contributed by atoms with Crippen LogP contribution in [0, 0.1) is 0 Å². The maximum absolute atomic E-state index is 12.0. The molecule has 1 amide bonds. The minimum Gasteiger partial charge on any atom is -0.505 e. The number of hydrogen-bond donors (Lipinski definition) is 2. The van der Waals surface area contributed by atoms with Crippen LogP contribution in [0.1, 0.15) is 15.9 Å². The molecule has 0 radical (unpaired) electrons. The zero-order chi connectivity index (χ0) is 13.7. The Morgan fingerprint density at radius 1 is 1.42 bits per heavy atom. The number of rotatable bonds is 4. The lowest BCUT2D eigenvalue weighted by atomic mass is 10.2. The maximum atomic E-state index is 12.0. The molecule has 5 heteroatoms. The number of carbonyl (C=O) groups is 1. The van der Waals surface area contributed by atoms with Crippen LogP contribution in [0.25, 0.3) is 0 Å². The van der Waals surface area contributed by atoms with Gasteiger partial charge in [0.05, 0.1) is 18.4 Å². The third kappa shape index (κ3) is 3.29. The molecule has 0 fully saturated rings. The molecule has 0 aliphatic heterocycles. The minimum atomic E-state index is -0.380. The number of benzene rings is 1. The maximum Gasteiger partial charge on any atom is 0.259 e. The number of nitrogens with one attached hydrogen (secondary N) is 1. The predicted molar refractivity (Wildman–Crippen MR) is 71.0 cm³/mol. The summed E-state index contributed by atoms with van der Waals surface area (Å²) in [5, 5.41) is 12.3. The van der Waals surface area contributed by atoms with Crippen LogP contribution in [0.15, 0.2) is 42.7 Å². The molecular weight excluding hydrogens is 244 g/mol. The zero-order valence-corrected chi connectivity index (χ0v) is 10.5. The van der Waals surface area contributed by atoms with E-state index in [9.17, 15) is 9.90 Å². The summed E-state index contributed by atoms with van der Waals surface area (Å²) in [6, 6.07) is 8.79. The number of carbonyl (C=O) groups excluding carboxylic acids is 1. The normalized spacial score (nSPS) is 10.2. The average molecular weight is 258 g/mol. The molecule has 0 aliphatic rings. The molecule has 2 N–H and O–H groups in total.